The van der Waals surface area contributed by atoms with Gasteiger partial charge in [0.05, 0.1) is 24.8 Å². The van der Waals surface area contributed by atoms with E-state index in [4.69, 9.17) is 14.1 Å². The van der Waals surface area contributed by atoms with Gasteiger partial charge >= 0.3 is 5.97 Å². The Balaban J connectivity index is 1.50. The SMILES string of the molecule is COC(=O)C1CN(C[C@@H]2CCc3cccnc3[C@@H](O[Si](C)(C)C(C)(C)C)C2)CCC1c1ccccc1. The number of carbonyl (C=O) groups is 1. The molecular formula is C30H44N2O3Si. The number of piperidine rings is 1. The first-order valence-electron chi connectivity index (χ1n) is 13.6. The lowest BCUT2D eigenvalue weighted by Gasteiger charge is -2.41. The second kappa shape index (κ2) is 11.2. The maximum Gasteiger partial charge on any atom is 0.310 e. The number of esters is 1. The lowest BCUT2D eigenvalue weighted by Crippen LogP contribution is -2.45. The number of hydrogen-bond acceptors (Lipinski definition) is 5. The van der Waals surface area contributed by atoms with Crippen molar-refractivity contribution >= 4 is 14.3 Å². The number of hydrogen-bond donors (Lipinski definition) is 0. The molecule has 6 heteroatoms. The van der Waals surface area contributed by atoms with E-state index in [0.29, 0.717) is 5.92 Å². The van der Waals surface area contributed by atoms with E-state index in [1.54, 1.807) is 0 Å². The highest BCUT2D eigenvalue weighted by molar-refractivity contribution is 6.74. The number of pyridine rings is 1. The minimum absolute atomic E-state index is 0.0350. The predicted molar refractivity (Wildman–Crippen MR) is 147 cm³/mol. The highest BCUT2D eigenvalue weighted by Gasteiger charge is 2.42. The van der Waals surface area contributed by atoms with E-state index in [-0.39, 0.29) is 28.9 Å². The second-order valence-corrected chi connectivity index (χ2v) is 17.0. The van der Waals surface area contributed by atoms with Crippen LogP contribution >= 0.6 is 0 Å². The summed E-state index contributed by atoms with van der Waals surface area (Å²) in [5.74, 6) is 0.493. The third-order valence-corrected chi connectivity index (χ3v) is 13.3. The van der Waals surface area contributed by atoms with Crippen molar-refractivity contribution in [1.82, 2.24) is 9.88 Å². The van der Waals surface area contributed by atoms with Crippen LogP contribution in [0.25, 0.3) is 0 Å². The second-order valence-electron chi connectivity index (χ2n) is 12.3. The van der Waals surface area contributed by atoms with Gasteiger partial charge in [0.25, 0.3) is 0 Å². The van der Waals surface area contributed by atoms with Crippen LogP contribution in [0, 0.1) is 11.8 Å². The summed E-state index contributed by atoms with van der Waals surface area (Å²) >= 11 is 0. The van der Waals surface area contributed by atoms with Gasteiger partial charge in [-0.15, -0.1) is 0 Å². The number of ether oxygens (including phenoxy) is 1. The molecule has 4 atom stereocenters. The van der Waals surface area contributed by atoms with Crippen molar-refractivity contribution in [2.24, 2.45) is 11.8 Å². The fraction of sp³-hybridized carbons (Fsp3) is 0.600. The van der Waals surface area contributed by atoms with Crippen LogP contribution in [0.15, 0.2) is 48.7 Å². The average Bonchev–Trinajstić information content (AvgIpc) is 3.02. The van der Waals surface area contributed by atoms with Crippen LogP contribution in [0.3, 0.4) is 0 Å². The average molecular weight is 509 g/mol. The highest BCUT2D eigenvalue weighted by Crippen LogP contribution is 2.43. The molecule has 1 aromatic carbocycles. The van der Waals surface area contributed by atoms with Gasteiger partial charge in [0.15, 0.2) is 8.32 Å². The zero-order chi connectivity index (χ0) is 25.9. The molecule has 1 aliphatic carbocycles. The zero-order valence-electron chi connectivity index (χ0n) is 23.0. The molecular weight excluding hydrogens is 464 g/mol. The van der Waals surface area contributed by atoms with E-state index in [2.05, 4.69) is 75.2 Å². The molecule has 5 nitrogen and oxygen atoms in total. The van der Waals surface area contributed by atoms with E-state index < -0.39 is 8.32 Å². The number of aromatic nitrogens is 1. The summed E-state index contributed by atoms with van der Waals surface area (Å²) in [6.07, 6.45) is 6.06. The van der Waals surface area contributed by atoms with E-state index in [1.807, 2.05) is 12.3 Å². The summed E-state index contributed by atoms with van der Waals surface area (Å²) in [6, 6.07) is 14.7. The summed E-state index contributed by atoms with van der Waals surface area (Å²) in [6.45, 7) is 14.3. The summed E-state index contributed by atoms with van der Waals surface area (Å²) in [4.78, 5) is 20.1. The Morgan fingerprint density at radius 1 is 1.11 bits per heavy atom. The summed E-state index contributed by atoms with van der Waals surface area (Å²) in [5.41, 5.74) is 3.71. The quantitative estimate of drug-likeness (QED) is 0.258. The number of benzene rings is 1. The van der Waals surface area contributed by atoms with Gasteiger partial charge in [0.1, 0.15) is 0 Å². The number of carbonyl (C=O) groups excluding carboxylic acids is 1. The minimum atomic E-state index is -1.96. The third kappa shape index (κ3) is 6.09. The molecule has 2 aromatic rings. The molecule has 2 aliphatic rings. The molecule has 0 amide bonds. The van der Waals surface area contributed by atoms with Crippen LogP contribution in [0.5, 0.6) is 0 Å². The zero-order valence-corrected chi connectivity index (χ0v) is 24.0. The summed E-state index contributed by atoms with van der Waals surface area (Å²) in [5, 5.41) is 0.150. The maximum atomic E-state index is 12.8. The van der Waals surface area contributed by atoms with Crippen molar-refractivity contribution in [2.75, 3.05) is 26.7 Å². The van der Waals surface area contributed by atoms with Gasteiger partial charge in [-0.05, 0) is 79.4 Å². The Labute approximate surface area is 218 Å². The molecule has 1 aliphatic heterocycles. The molecule has 0 spiro atoms. The number of rotatable bonds is 6. The first kappa shape index (κ1) is 27.0. The van der Waals surface area contributed by atoms with Gasteiger partial charge in [-0.25, -0.2) is 0 Å². The van der Waals surface area contributed by atoms with E-state index in [0.717, 1.165) is 51.0 Å². The van der Waals surface area contributed by atoms with Gasteiger partial charge in [-0.3, -0.25) is 9.78 Å². The molecule has 4 rings (SSSR count). The monoisotopic (exact) mass is 508 g/mol. The molecule has 2 unspecified atom stereocenters. The molecule has 0 N–H and O–H groups in total. The lowest BCUT2D eigenvalue weighted by molar-refractivity contribution is -0.148. The first-order chi connectivity index (χ1) is 17.1. The highest BCUT2D eigenvalue weighted by atomic mass is 28.4. The number of methoxy groups -OCH3 is 1. The molecule has 0 bridgehead atoms. The summed E-state index contributed by atoms with van der Waals surface area (Å²) < 4.78 is 12.3. The lowest BCUT2D eigenvalue weighted by atomic mass is 9.80. The fourth-order valence-corrected chi connectivity index (χ4v) is 6.96. The Kier molecular flexibility index (Phi) is 8.37. The van der Waals surface area contributed by atoms with Crippen molar-refractivity contribution < 1.29 is 14.0 Å². The van der Waals surface area contributed by atoms with Gasteiger partial charge in [0, 0.05) is 19.3 Å². The normalized spacial score (nSPS) is 25.6. The van der Waals surface area contributed by atoms with E-state index in [9.17, 15) is 4.79 Å². The van der Waals surface area contributed by atoms with Crippen LogP contribution in [0.2, 0.25) is 18.1 Å². The third-order valence-electron chi connectivity index (χ3n) is 8.79. The molecule has 1 fully saturated rings. The number of aryl methyl sites for hydroxylation is 1. The topological polar surface area (TPSA) is 51.7 Å². The van der Waals surface area contributed by atoms with Crippen molar-refractivity contribution in [3.63, 3.8) is 0 Å². The van der Waals surface area contributed by atoms with Crippen LogP contribution < -0.4 is 0 Å². The number of likely N-dealkylation sites (tertiary alicyclic amines) is 1. The van der Waals surface area contributed by atoms with E-state index >= 15 is 0 Å². The number of nitrogens with zero attached hydrogens (tertiary/aromatic N) is 2. The molecule has 196 valence electrons. The molecule has 36 heavy (non-hydrogen) atoms. The predicted octanol–water partition coefficient (Wildman–Crippen LogP) is 6.38. The van der Waals surface area contributed by atoms with Crippen LogP contribution in [-0.2, 0) is 20.4 Å². The first-order valence-corrected chi connectivity index (χ1v) is 16.5. The molecule has 0 saturated carbocycles. The van der Waals surface area contributed by atoms with Gasteiger partial charge < -0.3 is 14.1 Å². The van der Waals surface area contributed by atoms with Crippen LogP contribution in [0.4, 0.5) is 0 Å². The Morgan fingerprint density at radius 2 is 1.86 bits per heavy atom. The summed E-state index contributed by atoms with van der Waals surface area (Å²) in [7, 11) is -0.442. The largest absolute Gasteiger partial charge is 0.469 e. The van der Waals surface area contributed by atoms with Crippen molar-refractivity contribution in [1.29, 1.82) is 0 Å². The molecule has 0 radical (unpaired) electrons. The Hall–Kier alpha value is -2.02. The van der Waals surface area contributed by atoms with Crippen LogP contribution in [-0.4, -0.2) is 50.9 Å². The van der Waals surface area contributed by atoms with Gasteiger partial charge in [-0.2, -0.15) is 0 Å². The Morgan fingerprint density at radius 3 is 2.56 bits per heavy atom. The molecule has 2 heterocycles. The fourth-order valence-electron chi connectivity index (χ4n) is 5.69. The van der Waals surface area contributed by atoms with Gasteiger partial charge in [0.2, 0.25) is 0 Å². The number of fused-ring (bicyclic) bond motifs is 1. The van der Waals surface area contributed by atoms with Gasteiger partial charge in [-0.1, -0.05) is 57.2 Å². The van der Waals surface area contributed by atoms with E-state index in [1.165, 1.54) is 18.2 Å². The minimum Gasteiger partial charge on any atom is -0.469 e. The smallest absolute Gasteiger partial charge is 0.310 e. The van der Waals surface area contributed by atoms with Crippen molar-refractivity contribution in [3.05, 3.63) is 65.5 Å². The van der Waals surface area contributed by atoms with Crippen molar-refractivity contribution in [2.45, 2.75) is 76.6 Å². The maximum absolute atomic E-state index is 12.8. The molecule has 1 aromatic heterocycles. The van der Waals surface area contributed by atoms with Crippen LogP contribution in [0.1, 0.15) is 68.9 Å². The van der Waals surface area contributed by atoms with Crippen molar-refractivity contribution in [3.8, 4) is 0 Å². The Bertz CT molecular complexity index is 1020. The molecule has 1 saturated heterocycles. The standard InChI is InChI=1S/C30H44N2O3Si/c1-30(2,3)36(5,6)35-27-19-22(14-15-24-13-10-17-31-28(24)27)20-32-18-16-25(23-11-8-7-9-12-23)26(21-32)29(33)34-4/h7-13,17,22,25-27H,14-16,18-21H2,1-6H3/t22-,25?,26?,27+/m1/s1.